The Hall–Kier alpha value is -3.16. The van der Waals surface area contributed by atoms with Crippen LogP contribution in [-0.4, -0.2) is 102 Å². The van der Waals surface area contributed by atoms with Gasteiger partial charge in [0.05, 0.1) is 42.7 Å². The lowest BCUT2D eigenvalue weighted by atomic mass is 10.0. The number of anilines is 1. The number of imidazole rings is 1. The van der Waals surface area contributed by atoms with Crippen molar-refractivity contribution in [3.63, 3.8) is 0 Å². The number of carbonyl (C=O) groups excluding carboxylic acids is 1. The quantitative estimate of drug-likeness (QED) is 0.387. The van der Waals surface area contributed by atoms with Gasteiger partial charge in [0.1, 0.15) is 24.4 Å². The number of pyridine rings is 1. The molecule has 12 nitrogen and oxygen atoms in total. The monoisotopic (exact) mass is 599 g/mol. The van der Waals surface area contributed by atoms with Crippen LogP contribution in [0, 0.1) is 0 Å². The average molecular weight is 600 g/mol. The molecular formula is C29H34ClN5O7. The molecule has 4 aliphatic rings. The predicted molar refractivity (Wildman–Crippen MR) is 153 cm³/mol. The molecule has 4 saturated heterocycles. The molecule has 1 amide bonds. The fraction of sp³-hybridized carbons (Fsp3) is 0.552. The summed E-state index contributed by atoms with van der Waals surface area (Å²) in [6.45, 7) is 3.50. The third kappa shape index (κ3) is 5.73. The van der Waals surface area contributed by atoms with E-state index in [1.165, 1.54) is 0 Å². The second-order valence-corrected chi connectivity index (χ2v) is 11.6. The summed E-state index contributed by atoms with van der Waals surface area (Å²) in [5.41, 5.74) is 3.76. The Labute approximate surface area is 247 Å². The van der Waals surface area contributed by atoms with Crippen molar-refractivity contribution in [2.45, 2.75) is 62.2 Å². The van der Waals surface area contributed by atoms with Gasteiger partial charge in [0.15, 0.2) is 11.8 Å². The lowest BCUT2D eigenvalue weighted by molar-refractivity contribution is 0.000590. The highest BCUT2D eigenvalue weighted by Crippen LogP contribution is 2.33. The van der Waals surface area contributed by atoms with Gasteiger partial charge in [0.2, 0.25) is 0 Å². The first kappa shape index (κ1) is 27.7. The molecule has 4 atom stereocenters. The van der Waals surface area contributed by atoms with Gasteiger partial charge < -0.3 is 44.0 Å². The van der Waals surface area contributed by atoms with Gasteiger partial charge in [-0.1, -0.05) is 23.7 Å². The average Bonchev–Trinajstić information content (AvgIpc) is 3.70. The fourth-order valence-corrected chi connectivity index (χ4v) is 6.36. The smallest absolute Gasteiger partial charge is 0.407 e. The number of aliphatic hydroxyl groups is 1. The van der Waals surface area contributed by atoms with Gasteiger partial charge in [-0.15, -0.1) is 0 Å². The minimum absolute atomic E-state index is 0.0536. The van der Waals surface area contributed by atoms with Gasteiger partial charge in [-0.2, -0.15) is 4.98 Å². The number of ether oxygens (including phenoxy) is 5. The minimum atomic E-state index is -0.643. The Kier molecular flexibility index (Phi) is 7.80. The zero-order valence-electron chi connectivity index (χ0n) is 23.0. The molecule has 13 heteroatoms. The van der Waals surface area contributed by atoms with E-state index in [0.29, 0.717) is 47.7 Å². The largest absolute Gasteiger partial charge is 0.456 e. The number of halogens is 1. The third-order valence-corrected chi connectivity index (χ3v) is 8.70. The Morgan fingerprint density at radius 2 is 1.81 bits per heavy atom. The maximum atomic E-state index is 12.3. The molecule has 4 unspecified atom stereocenters. The molecule has 4 aliphatic heterocycles. The Morgan fingerprint density at radius 3 is 2.60 bits per heavy atom. The molecule has 2 aromatic heterocycles. The van der Waals surface area contributed by atoms with Crippen molar-refractivity contribution in [1.82, 2.24) is 20.3 Å². The number of piperidine rings is 1. The van der Waals surface area contributed by atoms with Crippen molar-refractivity contribution in [3.8, 4) is 17.3 Å². The summed E-state index contributed by atoms with van der Waals surface area (Å²) in [5, 5.41) is 13.5. The highest BCUT2D eigenvalue weighted by atomic mass is 35.5. The topological polar surface area (TPSA) is 140 Å². The Morgan fingerprint density at radius 1 is 1.05 bits per heavy atom. The van der Waals surface area contributed by atoms with Crippen LogP contribution in [0.15, 0.2) is 30.3 Å². The van der Waals surface area contributed by atoms with Crippen molar-refractivity contribution in [1.29, 1.82) is 0 Å². The number of nitrogens with zero attached hydrogens (tertiary/aromatic N) is 3. The van der Waals surface area contributed by atoms with Crippen molar-refractivity contribution in [3.05, 3.63) is 35.4 Å². The molecule has 1 aromatic carbocycles. The van der Waals surface area contributed by atoms with E-state index in [1.54, 1.807) is 6.07 Å². The van der Waals surface area contributed by atoms with Crippen molar-refractivity contribution < 1.29 is 33.6 Å². The number of H-pyrrole nitrogens is 1. The number of fused-ring (bicyclic) bond motifs is 2. The van der Waals surface area contributed by atoms with Crippen molar-refractivity contribution in [2.24, 2.45) is 0 Å². The highest BCUT2D eigenvalue weighted by Gasteiger charge is 2.48. The van der Waals surface area contributed by atoms with Gasteiger partial charge in [0, 0.05) is 43.2 Å². The molecule has 3 aromatic rings. The number of rotatable bonds is 6. The standard InChI is InChI=1S/C29H34ClN5O7/c30-20-13-21-27(34-28(32-21)42-23-15-40-25-22(36)14-39-26(23)25)33-24(20)16-1-3-18(4-2-16)35-9-5-17(6-10-35)31-29(37)41-19-7-11-38-12-8-19/h1-4,13,17,19,22-23,25-26,36H,5-12,14-15H2,(H,31,37)(H,32,33,34). The van der Waals surface area contributed by atoms with Gasteiger partial charge in [0.25, 0.3) is 6.01 Å². The van der Waals surface area contributed by atoms with Crippen LogP contribution in [0.5, 0.6) is 6.01 Å². The predicted octanol–water partition coefficient (Wildman–Crippen LogP) is 3.06. The van der Waals surface area contributed by atoms with E-state index in [9.17, 15) is 9.90 Å². The summed E-state index contributed by atoms with van der Waals surface area (Å²) in [7, 11) is 0. The minimum Gasteiger partial charge on any atom is -0.456 e. The molecular weight excluding hydrogens is 566 g/mol. The molecule has 6 heterocycles. The van der Waals surface area contributed by atoms with E-state index < -0.39 is 6.10 Å². The highest BCUT2D eigenvalue weighted by molar-refractivity contribution is 6.33. The number of alkyl carbamates (subject to hydrolysis) is 1. The van der Waals surface area contributed by atoms with E-state index in [2.05, 4.69) is 32.3 Å². The number of aliphatic hydroxyl groups excluding tert-OH is 1. The number of hydrogen-bond acceptors (Lipinski definition) is 10. The number of aromatic amines is 1. The van der Waals surface area contributed by atoms with E-state index >= 15 is 0 Å². The third-order valence-electron chi connectivity index (χ3n) is 8.41. The molecule has 4 fully saturated rings. The number of amides is 1. The first-order valence-electron chi connectivity index (χ1n) is 14.5. The summed E-state index contributed by atoms with van der Waals surface area (Å²) < 4.78 is 28.2. The zero-order chi connectivity index (χ0) is 28.6. The molecule has 3 N–H and O–H groups in total. The lowest BCUT2D eigenvalue weighted by Crippen LogP contribution is -2.45. The van der Waals surface area contributed by atoms with E-state index in [0.717, 1.165) is 50.0 Å². The number of aromatic nitrogens is 3. The molecule has 42 heavy (non-hydrogen) atoms. The Balaban J connectivity index is 0.958. The summed E-state index contributed by atoms with van der Waals surface area (Å²) in [6.07, 6.45) is 1.10. The van der Waals surface area contributed by atoms with Crippen LogP contribution >= 0.6 is 11.6 Å². The van der Waals surface area contributed by atoms with Crippen LogP contribution in [0.3, 0.4) is 0 Å². The maximum Gasteiger partial charge on any atom is 0.407 e. The molecule has 7 rings (SSSR count). The molecule has 0 aliphatic carbocycles. The number of carbonyl (C=O) groups is 1. The first-order chi connectivity index (χ1) is 20.5. The number of benzene rings is 1. The molecule has 0 spiro atoms. The van der Waals surface area contributed by atoms with Gasteiger partial charge in [-0.3, -0.25) is 0 Å². The van der Waals surface area contributed by atoms with Gasteiger partial charge >= 0.3 is 6.09 Å². The molecule has 0 radical (unpaired) electrons. The summed E-state index contributed by atoms with van der Waals surface area (Å²) in [5.74, 6) is 0. The maximum absolute atomic E-state index is 12.3. The molecule has 0 saturated carbocycles. The Bertz CT molecular complexity index is 1410. The summed E-state index contributed by atoms with van der Waals surface area (Å²) >= 11 is 6.63. The van der Waals surface area contributed by atoms with Gasteiger partial charge in [-0.25, -0.2) is 9.78 Å². The molecule has 224 valence electrons. The van der Waals surface area contributed by atoms with Crippen LogP contribution < -0.4 is 15.0 Å². The fourth-order valence-electron chi connectivity index (χ4n) is 6.10. The molecule has 0 bridgehead atoms. The van der Waals surface area contributed by atoms with Crippen molar-refractivity contribution >= 4 is 34.5 Å². The van der Waals surface area contributed by atoms with E-state index in [1.807, 2.05) is 12.1 Å². The van der Waals surface area contributed by atoms with E-state index in [-0.39, 0.29) is 43.2 Å². The van der Waals surface area contributed by atoms with Crippen LogP contribution in [0.4, 0.5) is 10.5 Å². The first-order valence-corrected chi connectivity index (χ1v) is 14.9. The summed E-state index contributed by atoms with van der Waals surface area (Å²) in [4.78, 5) is 27.0. The van der Waals surface area contributed by atoms with Gasteiger partial charge in [-0.05, 0) is 31.0 Å². The SMILES string of the molecule is O=C(NC1CCN(c2ccc(-c3nc4nc(OC5COC6C(O)COC56)[nH]c4cc3Cl)cc2)CC1)OC1CCOCC1. The zero-order valence-corrected chi connectivity index (χ0v) is 23.8. The van der Waals surface area contributed by atoms with Crippen molar-refractivity contribution in [2.75, 3.05) is 44.4 Å². The number of nitrogens with one attached hydrogen (secondary N) is 2. The second-order valence-electron chi connectivity index (χ2n) is 11.2. The van der Waals surface area contributed by atoms with Crippen LogP contribution in [0.1, 0.15) is 25.7 Å². The van der Waals surface area contributed by atoms with Crippen LogP contribution in [0.25, 0.3) is 22.4 Å². The lowest BCUT2D eigenvalue weighted by Gasteiger charge is -2.34. The van der Waals surface area contributed by atoms with E-state index in [4.69, 9.17) is 40.3 Å². The second kappa shape index (κ2) is 11.8. The normalized spacial score (nSPS) is 26.9. The summed E-state index contributed by atoms with van der Waals surface area (Å²) in [6, 6.07) is 10.3. The number of hydrogen-bond donors (Lipinski definition) is 3. The van der Waals surface area contributed by atoms with Crippen LogP contribution in [-0.2, 0) is 18.9 Å². The van der Waals surface area contributed by atoms with Crippen LogP contribution in [0.2, 0.25) is 5.02 Å².